The van der Waals surface area contributed by atoms with E-state index in [4.69, 9.17) is 5.73 Å². The molecule has 0 aliphatic rings. The summed E-state index contributed by atoms with van der Waals surface area (Å²) >= 11 is 0. The molecule has 0 aromatic carbocycles. The molecule has 0 aliphatic heterocycles. The van der Waals surface area contributed by atoms with Crippen molar-refractivity contribution >= 4 is 0 Å². The Kier molecular flexibility index (Phi) is 8.58. The third-order valence-corrected chi connectivity index (χ3v) is 3.45. The van der Waals surface area contributed by atoms with Crippen LogP contribution in [0.3, 0.4) is 0 Å². The summed E-state index contributed by atoms with van der Waals surface area (Å²) in [5, 5.41) is 3.39. The third kappa shape index (κ3) is 6.29. The average molecular weight is 226 g/mol. The third-order valence-electron chi connectivity index (χ3n) is 3.45. The van der Waals surface area contributed by atoms with Gasteiger partial charge in [-0.25, -0.2) is 0 Å². The van der Waals surface area contributed by atoms with E-state index in [1.165, 1.54) is 12.8 Å². The van der Waals surface area contributed by atoms with Gasteiger partial charge >= 0.3 is 0 Å². The summed E-state index contributed by atoms with van der Waals surface area (Å²) in [4.78, 5) is 0. The highest BCUT2D eigenvalue weighted by molar-refractivity contribution is 4.78. The molecular weight excluding hydrogens is 196 g/mol. The maximum atomic E-state index is 6.02. The Labute approximate surface area is 102 Å². The Morgan fingerprint density at radius 1 is 1.31 bits per heavy atom. The summed E-state index contributed by atoms with van der Waals surface area (Å²) < 4.78 is 0. The summed E-state index contributed by atoms with van der Waals surface area (Å²) in [6, 6.07) is 0.924. The standard InChI is InChI=1S/C14H30N2/c1-6-8-13(15)10-11(3)9-12(4)14(7-2)16-5/h6,11-14,16H,1,7-10,15H2,2-5H3. The van der Waals surface area contributed by atoms with Crippen LogP contribution in [0.1, 0.15) is 46.5 Å². The van der Waals surface area contributed by atoms with E-state index in [0.29, 0.717) is 12.0 Å². The van der Waals surface area contributed by atoms with E-state index < -0.39 is 0 Å². The van der Waals surface area contributed by atoms with Crippen molar-refractivity contribution in [3.63, 3.8) is 0 Å². The van der Waals surface area contributed by atoms with Gasteiger partial charge in [0.15, 0.2) is 0 Å². The summed E-state index contributed by atoms with van der Waals surface area (Å²) in [7, 11) is 2.05. The van der Waals surface area contributed by atoms with E-state index in [-0.39, 0.29) is 6.04 Å². The van der Waals surface area contributed by atoms with E-state index in [2.05, 4.69) is 39.7 Å². The normalized spacial score (nSPS) is 18.8. The highest BCUT2D eigenvalue weighted by Crippen LogP contribution is 2.21. The molecule has 0 spiro atoms. The molecule has 0 saturated heterocycles. The molecule has 0 aliphatic carbocycles. The molecule has 4 unspecified atom stereocenters. The van der Waals surface area contributed by atoms with Gasteiger partial charge < -0.3 is 11.1 Å². The summed E-state index contributed by atoms with van der Waals surface area (Å²) in [5.74, 6) is 1.42. The van der Waals surface area contributed by atoms with Crippen LogP contribution in [0, 0.1) is 11.8 Å². The van der Waals surface area contributed by atoms with Crippen LogP contribution in [0.2, 0.25) is 0 Å². The molecule has 0 fully saturated rings. The summed E-state index contributed by atoms with van der Waals surface area (Å²) in [6.07, 6.45) is 6.41. The minimum Gasteiger partial charge on any atom is -0.327 e. The van der Waals surface area contributed by atoms with Crippen LogP contribution in [0.5, 0.6) is 0 Å². The first-order valence-corrected chi connectivity index (χ1v) is 6.58. The lowest BCUT2D eigenvalue weighted by molar-refractivity contribution is 0.302. The lowest BCUT2D eigenvalue weighted by Gasteiger charge is -2.26. The van der Waals surface area contributed by atoms with Gasteiger partial charge in [0, 0.05) is 12.1 Å². The first kappa shape index (κ1) is 15.7. The van der Waals surface area contributed by atoms with Crippen molar-refractivity contribution < 1.29 is 0 Å². The fourth-order valence-corrected chi connectivity index (χ4v) is 2.61. The molecule has 2 heteroatoms. The van der Waals surface area contributed by atoms with Gasteiger partial charge in [-0.3, -0.25) is 0 Å². The quantitative estimate of drug-likeness (QED) is 0.593. The van der Waals surface area contributed by atoms with E-state index >= 15 is 0 Å². The van der Waals surface area contributed by atoms with E-state index in [1.807, 2.05) is 6.08 Å². The topological polar surface area (TPSA) is 38.0 Å². The van der Waals surface area contributed by atoms with Crippen molar-refractivity contribution in [3.05, 3.63) is 12.7 Å². The van der Waals surface area contributed by atoms with Gasteiger partial charge in [-0.05, 0) is 44.6 Å². The molecule has 0 amide bonds. The number of nitrogens with one attached hydrogen (secondary N) is 1. The average Bonchev–Trinajstić information content (AvgIpc) is 2.19. The minimum absolute atomic E-state index is 0.286. The van der Waals surface area contributed by atoms with Crippen molar-refractivity contribution in [2.24, 2.45) is 17.6 Å². The second-order valence-corrected chi connectivity index (χ2v) is 5.14. The SMILES string of the molecule is C=CCC(N)CC(C)CC(C)C(CC)NC. The molecule has 16 heavy (non-hydrogen) atoms. The largest absolute Gasteiger partial charge is 0.327 e. The van der Waals surface area contributed by atoms with Crippen molar-refractivity contribution in [3.8, 4) is 0 Å². The Morgan fingerprint density at radius 3 is 2.38 bits per heavy atom. The van der Waals surface area contributed by atoms with Gasteiger partial charge in [0.05, 0.1) is 0 Å². The zero-order valence-electron chi connectivity index (χ0n) is 11.5. The van der Waals surface area contributed by atoms with Gasteiger partial charge in [-0.15, -0.1) is 6.58 Å². The molecule has 0 rings (SSSR count). The second kappa shape index (κ2) is 8.77. The maximum Gasteiger partial charge on any atom is 0.00871 e. The van der Waals surface area contributed by atoms with Crippen molar-refractivity contribution in [2.75, 3.05) is 7.05 Å². The van der Waals surface area contributed by atoms with Crippen LogP contribution in [0.4, 0.5) is 0 Å². The first-order valence-electron chi connectivity index (χ1n) is 6.58. The van der Waals surface area contributed by atoms with Gasteiger partial charge in [0.1, 0.15) is 0 Å². The monoisotopic (exact) mass is 226 g/mol. The molecular formula is C14H30N2. The molecule has 0 heterocycles. The molecule has 96 valence electrons. The molecule has 0 aromatic heterocycles. The van der Waals surface area contributed by atoms with Crippen molar-refractivity contribution in [1.29, 1.82) is 0 Å². The van der Waals surface area contributed by atoms with Gasteiger partial charge in [0.2, 0.25) is 0 Å². The number of hydrogen-bond donors (Lipinski definition) is 2. The number of nitrogens with two attached hydrogens (primary N) is 1. The Morgan fingerprint density at radius 2 is 1.94 bits per heavy atom. The van der Waals surface area contributed by atoms with E-state index in [0.717, 1.165) is 18.8 Å². The summed E-state index contributed by atoms with van der Waals surface area (Å²) in [5.41, 5.74) is 6.02. The fourth-order valence-electron chi connectivity index (χ4n) is 2.61. The fraction of sp³-hybridized carbons (Fsp3) is 0.857. The van der Waals surface area contributed by atoms with Crippen LogP contribution in [-0.4, -0.2) is 19.1 Å². The smallest absolute Gasteiger partial charge is 0.00871 e. The number of rotatable bonds is 9. The molecule has 3 N–H and O–H groups in total. The van der Waals surface area contributed by atoms with Crippen LogP contribution in [-0.2, 0) is 0 Å². The molecule has 2 nitrogen and oxygen atoms in total. The number of hydrogen-bond acceptors (Lipinski definition) is 2. The molecule has 0 bridgehead atoms. The molecule has 0 saturated carbocycles. The molecule has 0 aromatic rings. The highest BCUT2D eigenvalue weighted by Gasteiger charge is 2.17. The minimum atomic E-state index is 0.286. The molecule has 4 atom stereocenters. The van der Waals surface area contributed by atoms with Crippen LogP contribution in [0.25, 0.3) is 0 Å². The lowest BCUT2D eigenvalue weighted by atomic mass is 9.86. The Balaban J connectivity index is 3.93. The maximum absolute atomic E-state index is 6.02. The lowest BCUT2D eigenvalue weighted by Crippen LogP contribution is -2.33. The van der Waals surface area contributed by atoms with Gasteiger partial charge in [-0.2, -0.15) is 0 Å². The molecule has 0 radical (unpaired) electrons. The zero-order chi connectivity index (χ0) is 12.6. The predicted octanol–water partition coefficient (Wildman–Crippen LogP) is 2.94. The van der Waals surface area contributed by atoms with Gasteiger partial charge in [0.25, 0.3) is 0 Å². The van der Waals surface area contributed by atoms with Crippen LogP contribution in [0.15, 0.2) is 12.7 Å². The summed E-state index contributed by atoms with van der Waals surface area (Å²) in [6.45, 7) is 10.6. The van der Waals surface area contributed by atoms with Crippen molar-refractivity contribution in [2.45, 2.75) is 58.5 Å². The Hall–Kier alpha value is -0.340. The zero-order valence-corrected chi connectivity index (χ0v) is 11.5. The van der Waals surface area contributed by atoms with Crippen LogP contribution < -0.4 is 11.1 Å². The van der Waals surface area contributed by atoms with E-state index in [9.17, 15) is 0 Å². The first-order chi connectivity index (χ1) is 7.54. The van der Waals surface area contributed by atoms with Crippen LogP contribution >= 0.6 is 0 Å². The Bertz CT molecular complexity index is 176. The highest BCUT2D eigenvalue weighted by atomic mass is 14.9. The van der Waals surface area contributed by atoms with E-state index in [1.54, 1.807) is 0 Å². The van der Waals surface area contributed by atoms with Gasteiger partial charge in [-0.1, -0.05) is 26.8 Å². The van der Waals surface area contributed by atoms with Crippen molar-refractivity contribution in [1.82, 2.24) is 5.32 Å². The second-order valence-electron chi connectivity index (χ2n) is 5.14. The predicted molar refractivity (Wildman–Crippen MR) is 73.5 cm³/mol.